The van der Waals surface area contributed by atoms with Gasteiger partial charge in [0, 0.05) is 17.5 Å². The smallest absolute Gasteiger partial charge is 0.122 e. The lowest BCUT2D eigenvalue weighted by Crippen LogP contribution is -2.25. The molecular formula is C13H19NO2. The van der Waals surface area contributed by atoms with Crippen LogP contribution in [0, 0.1) is 0 Å². The zero-order chi connectivity index (χ0) is 11.6. The molecule has 3 nitrogen and oxygen atoms in total. The van der Waals surface area contributed by atoms with E-state index in [0.29, 0.717) is 0 Å². The van der Waals surface area contributed by atoms with Crippen LogP contribution in [-0.2, 0) is 5.41 Å². The predicted molar refractivity (Wildman–Crippen MR) is 64.4 cm³/mol. The summed E-state index contributed by atoms with van der Waals surface area (Å²) >= 11 is 0. The van der Waals surface area contributed by atoms with E-state index in [0.717, 1.165) is 31.0 Å². The van der Waals surface area contributed by atoms with Crippen LogP contribution in [0.2, 0.25) is 0 Å². The molecule has 1 fully saturated rings. The highest BCUT2D eigenvalue weighted by atomic mass is 16.5. The molecule has 1 N–H and O–H groups in total. The molecule has 1 aromatic carbocycles. The van der Waals surface area contributed by atoms with Crippen molar-refractivity contribution in [3.05, 3.63) is 23.8 Å². The molecule has 2 rings (SSSR count). The number of nitrogens with one attached hydrogen (secondary N) is 1. The van der Waals surface area contributed by atoms with Gasteiger partial charge in [-0.3, -0.25) is 0 Å². The van der Waals surface area contributed by atoms with Gasteiger partial charge >= 0.3 is 0 Å². The Labute approximate surface area is 96.8 Å². The standard InChI is InChI=1S/C13H19NO2/c1-13(6-7-14-9-13)11-8-10(15-2)4-5-12(11)16-3/h4-5,8,14H,6-7,9H2,1-3H3. The summed E-state index contributed by atoms with van der Waals surface area (Å²) in [6, 6.07) is 6.01. The van der Waals surface area contributed by atoms with E-state index in [-0.39, 0.29) is 5.41 Å². The first-order valence-corrected chi connectivity index (χ1v) is 5.63. The Bertz CT molecular complexity index is 370. The summed E-state index contributed by atoms with van der Waals surface area (Å²) < 4.78 is 10.7. The van der Waals surface area contributed by atoms with Crippen molar-refractivity contribution >= 4 is 0 Å². The van der Waals surface area contributed by atoms with Crippen LogP contribution in [0.3, 0.4) is 0 Å². The second kappa shape index (κ2) is 4.34. The van der Waals surface area contributed by atoms with Crippen molar-refractivity contribution in [3.63, 3.8) is 0 Å². The Morgan fingerprint density at radius 3 is 2.62 bits per heavy atom. The van der Waals surface area contributed by atoms with Crippen LogP contribution >= 0.6 is 0 Å². The molecule has 0 amide bonds. The van der Waals surface area contributed by atoms with Crippen molar-refractivity contribution in [2.45, 2.75) is 18.8 Å². The summed E-state index contributed by atoms with van der Waals surface area (Å²) in [5, 5.41) is 3.40. The lowest BCUT2D eigenvalue weighted by molar-refractivity contribution is 0.382. The van der Waals surface area contributed by atoms with Crippen LogP contribution in [0.5, 0.6) is 11.5 Å². The molecule has 16 heavy (non-hydrogen) atoms. The molecule has 0 aromatic heterocycles. The van der Waals surface area contributed by atoms with Crippen molar-refractivity contribution in [2.24, 2.45) is 0 Å². The van der Waals surface area contributed by atoms with Gasteiger partial charge in [0.05, 0.1) is 14.2 Å². The molecule has 1 unspecified atom stereocenters. The Kier molecular flexibility index (Phi) is 3.06. The molecule has 1 saturated heterocycles. The highest BCUT2D eigenvalue weighted by Crippen LogP contribution is 2.38. The first-order valence-electron chi connectivity index (χ1n) is 5.63. The largest absolute Gasteiger partial charge is 0.497 e. The van der Waals surface area contributed by atoms with E-state index in [9.17, 15) is 0 Å². The molecular weight excluding hydrogens is 202 g/mol. The van der Waals surface area contributed by atoms with Crippen LogP contribution in [0.25, 0.3) is 0 Å². The number of benzene rings is 1. The van der Waals surface area contributed by atoms with Gasteiger partial charge in [-0.05, 0) is 31.2 Å². The van der Waals surface area contributed by atoms with E-state index >= 15 is 0 Å². The number of hydrogen-bond donors (Lipinski definition) is 1. The average molecular weight is 221 g/mol. The topological polar surface area (TPSA) is 30.5 Å². The predicted octanol–water partition coefficient (Wildman–Crippen LogP) is 1.95. The summed E-state index contributed by atoms with van der Waals surface area (Å²) in [6.45, 7) is 4.33. The van der Waals surface area contributed by atoms with Gasteiger partial charge in [-0.15, -0.1) is 0 Å². The molecule has 0 spiro atoms. The quantitative estimate of drug-likeness (QED) is 0.846. The maximum Gasteiger partial charge on any atom is 0.122 e. The Morgan fingerprint density at radius 1 is 1.25 bits per heavy atom. The summed E-state index contributed by atoms with van der Waals surface area (Å²) in [6.07, 6.45) is 1.14. The minimum atomic E-state index is 0.153. The normalized spacial score (nSPS) is 24.4. The lowest BCUT2D eigenvalue weighted by Gasteiger charge is -2.26. The second-order valence-electron chi connectivity index (χ2n) is 4.55. The fraction of sp³-hybridized carbons (Fsp3) is 0.538. The maximum absolute atomic E-state index is 5.44. The van der Waals surface area contributed by atoms with Gasteiger partial charge in [0.25, 0.3) is 0 Å². The molecule has 88 valence electrons. The second-order valence-corrected chi connectivity index (χ2v) is 4.55. The van der Waals surface area contributed by atoms with E-state index in [1.54, 1.807) is 14.2 Å². The molecule has 0 saturated carbocycles. The van der Waals surface area contributed by atoms with E-state index in [1.165, 1.54) is 5.56 Å². The fourth-order valence-corrected chi connectivity index (χ4v) is 2.33. The number of ether oxygens (including phenoxy) is 2. The van der Waals surface area contributed by atoms with E-state index < -0.39 is 0 Å². The van der Waals surface area contributed by atoms with Gasteiger partial charge < -0.3 is 14.8 Å². The van der Waals surface area contributed by atoms with E-state index in [4.69, 9.17) is 9.47 Å². The van der Waals surface area contributed by atoms with Crippen LogP contribution in [0.15, 0.2) is 18.2 Å². The Morgan fingerprint density at radius 2 is 2.06 bits per heavy atom. The van der Waals surface area contributed by atoms with Crippen LogP contribution in [0.4, 0.5) is 0 Å². The zero-order valence-corrected chi connectivity index (χ0v) is 10.2. The molecule has 0 aliphatic carbocycles. The van der Waals surface area contributed by atoms with Crippen LogP contribution < -0.4 is 14.8 Å². The monoisotopic (exact) mass is 221 g/mol. The molecule has 1 aliphatic heterocycles. The first-order chi connectivity index (χ1) is 7.69. The summed E-state index contributed by atoms with van der Waals surface area (Å²) in [5.74, 6) is 1.84. The highest BCUT2D eigenvalue weighted by Gasteiger charge is 2.33. The Balaban J connectivity index is 2.43. The molecule has 1 aromatic rings. The lowest BCUT2D eigenvalue weighted by atomic mass is 9.81. The van der Waals surface area contributed by atoms with Crippen LogP contribution in [-0.4, -0.2) is 27.3 Å². The van der Waals surface area contributed by atoms with Crippen molar-refractivity contribution in [1.82, 2.24) is 5.32 Å². The first kappa shape index (κ1) is 11.3. The highest BCUT2D eigenvalue weighted by molar-refractivity contribution is 5.45. The van der Waals surface area contributed by atoms with Crippen molar-refractivity contribution in [3.8, 4) is 11.5 Å². The third kappa shape index (κ3) is 1.87. The summed E-state index contributed by atoms with van der Waals surface area (Å²) in [7, 11) is 3.41. The third-order valence-corrected chi connectivity index (χ3v) is 3.43. The SMILES string of the molecule is COc1ccc(OC)c(C2(C)CCNC2)c1. The molecule has 1 aliphatic rings. The Hall–Kier alpha value is -1.22. The van der Waals surface area contributed by atoms with Gasteiger partial charge in [0.2, 0.25) is 0 Å². The zero-order valence-electron chi connectivity index (χ0n) is 10.2. The van der Waals surface area contributed by atoms with Crippen molar-refractivity contribution < 1.29 is 9.47 Å². The third-order valence-electron chi connectivity index (χ3n) is 3.43. The minimum Gasteiger partial charge on any atom is -0.497 e. The maximum atomic E-state index is 5.44. The average Bonchev–Trinajstić information content (AvgIpc) is 2.76. The van der Waals surface area contributed by atoms with Gasteiger partial charge in [-0.2, -0.15) is 0 Å². The van der Waals surface area contributed by atoms with Gasteiger partial charge in [-0.1, -0.05) is 6.92 Å². The summed E-state index contributed by atoms with van der Waals surface area (Å²) in [5.41, 5.74) is 1.39. The fourth-order valence-electron chi connectivity index (χ4n) is 2.33. The molecule has 1 heterocycles. The van der Waals surface area contributed by atoms with Gasteiger partial charge in [0.15, 0.2) is 0 Å². The molecule has 0 radical (unpaired) electrons. The van der Waals surface area contributed by atoms with Gasteiger partial charge in [0.1, 0.15) is 11.5 Å². The van der Waals surface area contributed by atoms with Crippen molar-refractivity contribution in [1.29, 1.82) is 0 Å². The molecule has 0 bridgehead atoms. The van der Waals surface area contributed by atoms with E-state index in [2.05, 4.69) is 18.3 Å². The van der Waals surface area contributed by atoms with E-state index in [1.807, 2.05) is 12.1 Å². The number of hydrogen-bond acceptors (Lipinski definition) is 3. The minimum absolute atomic E-state index is 0.153. The number of methoxy groups -OCH3 is 2. The number of rotatable bonds is 3. The van der Waals surface area contributed by atoms with Gasteiger partial charge in [-0.25, -0.2) is 0 Å². The van der Waals surface area contributed by atoms with Crippen LogP contribution in [0.1, 0.15) is 18.9 Å². The summed E-state index contributed by atoms with van der Waals surface area (Å²) in [4.78, 5) is 0. The molecule has 1 atom stereocenters. The van der Waals surface area contributed by atoms with Crippen molar-refractivity contribution in [2.75, 3.05) is 27.3 Å². The molecule has 3 heteroatoms.